The van der Waals surface area contributed by atoms with Gasteiger partial charge in [0.25, 0.3) is 0 Å². The van der Waals surface area contributed by atoms with Crippen LogP contribution in [0.15, 0.2) is 0 Å². The highest BCUT2D eigenvalue weighted by Crippen LogP contribution is 2.22. The summed E-state index contributed by atoms with van der Waals surface area (Å²) in [5, 5.41) is 2.97. The van der Waals surface area contributed by atoms with E-state index >= 15 is 0 Å². The van der Waals surface area contributed by atoms with Crippen LogP contribution in [0.25, 0.3) is 0 Å². The minimum Gasteiger partial charge on any atom is -0.372 e. The van der Waals surface area contributed by atoms with Gasteiger partial charge in [-0.25, -0.2) is 0 Å². The fourth-order valence-electron chi connectivity index (χ4n) is 1.38. The molecule has 4 heteroatoms. The third-order valence-corrected chi connectivity index (χ3v) is 2.58. The van der Waals surface area contributed by atoms with Crippen molar-refractivity contribution in [3.63, 3.8) is 0 Å². The highest BCUT2D eigenvalue weighted by Gasteiger charge is 2.25. The molecule has 0 rings (SSSR count). The summed E-state index contributed by atoms with van der Waals surface area (Å²) in [6.45, 7) is 9.07. The van der Waals surface area contributed by atoms with Crippen LogP contribution >= 0.6 is 11.6 Å². The molecule has 0 aromatic heterocycles. The Morgan fingerprint density at radius 3 is 2.50 bits per heavy atom. The number of carbonyl (C=O) groups is 1. The maximum absolute atomic E-state index is 11.6. The Hall–Kier alpha value is -0.280. The molecule has 0 heterocycles. The van der Waals surface area contributed by atoms with E-state index in [0.717, 1.165) is 12.8 Å². The summed E-state index contributed by atoms with van der Waals surface area (Å²) in [7, 11) is 0. The fourth-order valence-corrected chi connectivity index (χ4v) is 1.59. The Labute approximate surface area is 104 Å². The molecule has 0 bridgehead atoms. The standard InChI is InChI=1S/C12H24ClNO2/c1-5-8-16-9-11(15)14-10(6-7-13)12(2,3)4/h10H,5-9H2,1-4H3,(H,14,15). The minimum absolute atomic E-state index is 0.0231. The average Bonchev–Trinajstić information content (AvgIpc) is 2.16. The Bertz CT molecular complexity index is 202. The number of amides is 1. The molecular formula is C12H24ClNO2. The van der Waals surface area contributed by atoms with E-state index < -0.39 is 0 Å². The molecule has 0 aliphatic rings. The number of hydrogen-bond acceptors (Lipinski definition) is 2. The Balaban J connectivity index is 4.04. The van der Waals surface area contributed by atoms with E-state index in [-0.39, 0.29) is 24.0 Å². The molecule has 1 N–H and O–H groups in total. The zero-order valence-corrected chi connectivity index (χ0v) is 11.6. The fraction of sp³-hybridized carbons (Fsp3) is 0.917. The second-order valence-electron chi connectivity index (χ2n) is 5.02. The highest BCUT2D eigenvalue weighted by atomic mass is 35.5. The summed E-state index contributed by atoms with van der Waals surface area (Å²) in [4.78, 5) is 11.6. The molecule has 0 aliphatic carbocycles. The maximum atomic E-state index is 11.6. The van der Waals surface area contributed by atoms with Gasteiger partial charge in [-0.15, -0.1) is 11.6 Å². The first-order chi connectivity index (χ1) is 7.41. The molecular weight excluding hydrogens is 226 g/mol. The van der Waals surface area contributed by atoms with Gasteiger partial charge in [-0.1, -0.05) is 27.7 Å². The van der Waals surface area contributed by atoms with Crippen LogP contribution in [0, 0.1) is 5.41 Å². The molecule has 0 aromatic rings. The lowest BCUT2D eigenvalue weighted by atomic mass is 9.85. The van der Waals surface area contributed by atoms with Crippen LogP contribution < -0.4 is 5.32 Å². The second kappa shape index (κ2) is 7.91. The molecule has 1 unspecified atom stereocenters. The number of rotatable bonds is 7. The summed E-state index contributed by atoms with van der Waals surface area (Å²) < 4.78 is 5.19. The quantitative estimate of drug-likeness (QED) is 0.556. The number of halogens is 1. The SMILES string of the molecule is CCCOCC(=O)NC(CCCl)C(C)(C)C. The molecule has 0 saturated heterocycles. The van der Waals surface area contributed by atoms with Crippen LogP contribution in [0.1, 0.15) is 40.5 Å². The van der Waals surface area contributed by atoms with Gasteiger partial charge in [-0.2, -0.15) is 0 Å². The van der Waals surface area contributed by atoms with Gasteiger partial charge in [0, 0.05) is 18.5 Å². The topological polar surface area (TPSA) is 38.3 Å². The molecule has 3 nitrogen and oxygen atoms in total. The van der Waals surface area contributed by atoms with Crippen LogP contribution in [0.5, 0.6) is 0 Å². The molecule has 0 fully saturated rings. The van der Waals surface area contributed by atoms with E-state index in [0.29, 0.717) is 12.5 Å². The van der Waals surface area contributed by atoms with E-state index in [2.05, 4.69) is 26.1 Å². The number of nitrogens with one attached hydrogen (secondary N) is 1. The maximum Gasteiger partial charge on any atom is 0.246 e. The van der Waals surface area contributed by atoms with Crippen molar-refractivity contribution in [3.8, 4) is 0 Å². The molecule has 0 radical (unpaired) electrons. The van der Waals surface area contributed by atoms with Gasteiger partial charge in [0.15, 0.2) is 0 Å². The van der Waals surface area contributed by atoms with E-state index in [1.807, 2.05) is 6.92 Å². The van der Waals surface area contributed by atoms with Crippen LogP contribution in [0.4, 0.5) is 0 Å². The first-order valence-corrected chi connectivity index (χ1v) is 6.38. The van der Waals surface area contributed by atoms with Gasteiger partial charge in [0.05, 0.1) is 0 Å². The van der Waals surface area contributed by atoms with Crippen LogP contribution in [0.3, 0.4) is 0 Å². The Morgan fingerprint density at radius 1 is 1.44 bits per heavy atom. The third-order valence-electron chi connectivity index (χ3n) is 2.36. The average molecular weight is 250 g/mol. The van der Waals surface area contributed by atoms with Gasteiger partial charge in [0.1, 0.15) is 6.61 Å². The Kier molecular flexibility index (Phi) is 7.77. The van der Waals surface area contributed by atoms with Crippen molar-refractivity contribution >= 4 is 17.5 Å². The lowest BCUT2D eigenvalue weighted by Crippen LogP contribution is -2.45. The van der Waals surface area contributed by atoms with Crippen LogP contribution in [0.2, 0.25) is 0 Å². The van der Waals surface area contributed by atoms with Gasteiger partial charge in [-0.3, -0.25) is 4.79 Å². The van der Waals surface area contributed by atoms with E-state index in [1.54, 1.807) is 0 Å². The first kappa shape index (κ1) is 15.7. The van der Waals surface area contributed by atoms with Crippen molar-refractivity contribution in [2.24, 2.45) is 5.41 Å². The smallest absolute Gasteiger partial charge is 0.246 e. The van der Waals surface area contributed by atoms with Crippen molar-refractivity contribution in [1.29, 1.82) is 0 Å². The zero-order chi connectivity index (χ0) is 12.6. The molecule has 0 aromatic carbocycles. The van der Waals surface area contributed by atoms with Crippen molar-refractivity contribution < 1.29 is 9.53 Å². The van der Waals surface area contributed by atoms with Crippen molar-refractivity contribution in [1.82, 2.24) is 5.32 Å². The van der Waals surface area contributed by atoms with E-state index in [1.165, 1.54) is 0 Å². The van der Waals surface area contributed by atoms with Gasteiger partial charge in [0.2, 0.25) is 5.91 Å². The number of carbonyl (C=O) groups excluding carboxylic acids is 1. The predicted octanol–water partition coefficient (Wildman–Crippen LogP) is 2.57. The third kappa shape index (κ3) is 7.07. The zero-order valence-electron chi connectivity index (χ0n) is 10.8. The summed E-state index contributed by atoms with van der Waals surface area (Å²) >= 11 is 5.73. The Morgan fingerprint density at radius 2 is 2.06 bits per heavy atom. The van der Waals surface area contributed by atoms with Gasteiger partial charge < -0.3 is 10.1 Å². The summed E-state index contributed by atoms with van der Waals surface area (Å²) in [6.07, 6.45) is 1.71. The second-order valence-corrected chi connectivity index (χ2v) is 5.39. The van der Waals surface area contributed by atoms with Gasteiger partial charge in [-0.05, 0) is 18.3 Å². The van der Waals surface area contributed by atoms with E-state index in [4.69, 9.17) is 16.3 Å². The van der Waals surface area contributed by atoms with Crippen LogP contribution in [-0.2, 0) is 9.53 Å². The van der Waals surface area contributed by atoms with Gasteiger partial charge >= 0.3 is 0 Å². The number of alkyl halides is 1. The minimum atomic E-state index is -0.0570. The molecule has 16 heavy (non-hydrogen) atoms. The molecule has 1 atom stereocenters. The monoisotopic (exact) mass is 249 g/mol. The van der Waals surface area contributed by atoms with Crippen LogP contribution in [-0.4, -0.2) is 31.0 Å². The largest absolute Gasteiger partial charge is 0.372 e. The molecule has 0 saturated carbocycles. The molecule has 0 spiro atoms. The van der Waals surface area contributed by atoms with Crippen molar-refractivity contribution in [2.75, 3.05) is 19.1 Å². The lowest BCUT2D eigenvalue weighted by molar-refractivity contribution is -0.127. The predicted molar refractivity (Wildman–Crippen MR) is 67.8 cm³/mol. The number of hydrogen-bond donors (Lipinski definition) is 1. The number of ether oxygens (including phenoxy) is 1. The molecule has 0 aliphatic heterocycles. The summed E-state index contributed by atoms with van der Waals surface area (Å²) in [5.41, 5.74) is 0.0231. The van der Waals surface area contributed by atoms with Crippen molar-refractivity contribution in [2.45, 2.75) is 46.6 Å². The summed E-state index contributed by atoms with van der Waals surface area (Å²) in [6, 6.07) is 0.0997. The van der Waals surface area contributed by atoms with Crippen molar-refractivity contribution in [3.05, 3.63) is 0 Å². The highest BCUT2D eigenvalue weighted by molar-refractivity contribution is 6.17. The normalized spacial score (nSPS) is 13.6. The van der Waals surface area contributed by atoms with E-state index in [9.17, 15) is 4.79 Å². The molecule has 1 amide bonds. The lowest BCUT2D eigenvalue weighted by Gasteiger charge is -2.31. The first-order valence-electron chi connectivity index (χ1n) is 5.84. The summed E-state index contributed by atoms with van der Waals surface area (Å²) in [5.74, 6) is 0.497. The molecule has 96 valence electrons.